The maximum atomic E-state index is 8.89. The van der Waals surface area contributed by atoms with E-state index in [4.69, 9.17) is 9.78 Å². The van der Waals surface area contributed by atoms with E-state index in [0.29, 0.717) is 17.3 Å². The van der Waals surface area contributed by atoms with Crippen molar-refractivity contribution in [1.29, 1.82) is 5.26 Å². The standard InChI is InChI=1S/C19H20N6O/c1-19(2,3)25-16-9-8-14(10-15(16)22-24-25)18-21-17(23-26-18)13-6-4-12(11-20)5-7-13/h4-7,14H,8-10H2,1-3H3. The minimum Gasteiger partial charge on any atom is -0.339 e. The van der Waals surface area contributed by atoms with E-state index in [9.17, 15) is 0 Å². The predicted octanol–water partition coefficient (Wildman–Crippen LogP) is 3.23. The van der Waals surface area contributed by atoms with Gasteiger partial charge >= 0.3 is 0 Å². The van der Waals surface area contributed by atoms with E-state index in [1.807, 2.05) is 16.8 Å². The van der Waals surface area contributed by atoms with Crippen LogP contribution in [0.2, 0.25) is 0 Å². The maximum Gasteiger partial charge on any atom is 0.230 e. The van der Waals surface area contributed by atoms with Gasteiger partial charge in [-0.15, -0.1) is 5.10 Å². The first-order valence-corrected chi connectivity index (χ1v) is 8.74. The minimum absolute atomic E-state index is 0.0688. The van der Waals surface area contributed by atoms with Gasteiger partial charge in [0.2, 0.25) is 11.7 Å². The average Bonchev–Trinajstić information content (AvgIpc) is 3.28. The highest BCUT2D eigenvalue weighted by Crippen LogP contribution is 2.33. The van der Waals surface area contributed by atoms with E-state index >= 15 is 0 Å². The van der Waals surface area contributed by atoms with Gasteiger partial charge in [0.05, 0.1) is 28.6 Å². The molecule has 0 N–H and O–H groups in total. The van der Waals surface area contributed by atoms with Crippen LogP contribution in [0.5, 0.6) is 0 Å². The smallest absolute Gasteiger partial charge is 0.230 e. The zero-order chi connectivity index (χ0) is 18.3. The average molecular weight is 348 g/mol. The third-order valence-corrected chi connectivity index (χ3v) is 4.71. The second-order valence-electron chi connectivity index (χ2n) is 7.65. The highest BCUT2D eigenvalue weighted by atomic mass is 16.5. The monoisotopic (exact) mass is 348 g/mol. The van der Waals surface area contributed by atoms with E-state index in [-0.39, 0.29) is 11.5 Å². The van der Waals surface area contributed by atoms with Crippen molar-refractivity contribution in [3.8, 4) is 17.5 Å². The van der Waals surface area contributed by atoms with Gasteiger partial charge < -0.3 is 4.52 Å². The second kappa shape index (κ2) is 6.06. The molecule has 2 aromatic heterocycles. The highest BCUT2D eigenvalue weighted by molar-refractivity contribution is 5.55. The molecule has 0 fully saturated rings. The van der Waals surface area contributed by atoms with Crippen LogP contribution in [0, 0.1) is 11.3 Å². The van der Waals surface area contributed by atoms with Crippen LogP contribution in [0.3, 0.4) is 0 Å². The van der Waals surface area contributed by atoms with Gasteiger partial charge in [-0.2, -0.15) is 10.2 Å². The lowest BCUT2D eigenvalue weighted by Crippen LogP contribution is -2.27. The molecule has 3 aromatic rings. The van der Waals surface area contributed by atoms with Gasteiger partial charge in [-0.05, 0) is 57.9 Å². The molecular formula is C19H20N6O. The normalized spacial score (nSPS) is 16.9. The summed E-state index contributed by atoms with van der Waals surface area (Å²) in [4.78, 5) is 4.57. The molecule has 0 amide bonds. The number of hydrogen-bond donors (Lipinski definition) is 0. The van der Waals surface area contributed by atoms with Crippen LogP contribution in [0.4, 0.5) is 0 Å². The molecule has 1 aromatic carbocycles. The molecule has 1 atom stereocenters. The van der Waals surface area contributed by atoms with Gasteiger partial charge in [-0.1, -0.05) is 10.4 Å². The van der Waals surface area contributed by atoms with Crippen LogP contribution in [-0.2, 0) is 18.4 Å². The molecule has 26 heavy (non-hydrogen) atoms. The summed E-state index contributed by atoms with van der Waals surface area (Å²) in [6.45, 7) is 6.40. The van der Waals surface area contributed by atoms with Gasteiger partial charge in [0.15, 0.2) is 0 Å². The Labute approximate surface area is 151 Å². The van der Waals surface area contributed by atoms with Crippen molar-refractivity contribution in [3.05, 3.63) is 47.1 Å². The van der Waals surface area contributed by atoms with Crippen molar-refractivity contribution in [1.82, 2.24) is 25.1 Å². The zero-order valence-corrected chi connectivity index (χ0v) is 15.1. The molecule has 0 saturated carbocycles. The number of aromatic nitrogens is 5. The Morgan fingerprint density at radius 1 is 1.23 bits per heavy atom. The summed E-state index contributed by atoms with van der Waals surface area (Å²) in [5.41, 5.74) is 3.61. The molecule has 0 aliphatic heterocycles. The molecule has 0 bridgehead atoms. The zero-order valence-electron chi connectivity index (χ0n) is 15.1. The SMILES string of the molecule is CC(C)(C)n1nnc2c1CCC(c1nc(-c3ccc(C#N)cc3)no1)C2. The van der Waals surface area contributed by atoms with Crippen molar-refractivity contribution >= 4 is 0 Å². The molecule has 4 rings (SSSR count). The molecular weight excluding hydrogens is 328 g/mol. The molecule has 0 radical (unpaired) electrons. The molecule has 7 nitrogen and oxygen atoms in total. The largest absolute Gasteiger partial charge is 0.339 e. The van der Waals surface area contributed by atoms with Gasteiger partial charge in [0.25, 0.3) is 0 Å². The number of nitriles is 1. The van der Waals surface area contributed by atoms with Crippen molar-refractivity contribution in [3.63, 3.8) is 0 Å². The fourth-order valence-corrected chi connectivity index (χ4v) is 3.35. The summed E-state index contributed by atoms with van der Waals surface area (Å²) in [5.74, 6) is 1.35. The molecule has 1 unspecified atom stereocenters. The van der Waals surface area contributed by atoms with Crippen molar-refractivity contribution in [2.45, 2.75) is 51.5 Å². The first kappa shape index (κ1) is 16.5. The minimum atomic E-state index is -0.0688. The van der Waals surface area contributed by atoms with Gasteiger partial charge in [0, 0.05) is 17.9 Å². The van der Waals surface area contributed by atoms with E-state index < -0.39 is 0 Å². The van der Waals surface area contributed by atoms with Crippen LogP contribution < -0.4 is 0 Å². The summed E-state index contributed by atoms with van der Waals surface area (Å²) in [7, 11) is 0. The Hall–Kier alpha value is -3.01. The summed E-state index contributed by atoms with van der Waals surface area (Å²) in [5, 5.41) is 21.7. The molecule has 1 aliphatic carbocycles. The topological polar surface area (TPSA) is 93.4 Å². The van der Waals surface area contributed by atoms with Crippen LogP contribution in [0.15, 0.2) is 28.8 Å². The first-order chi connectivity index (χ1) is 12.5. The lowest BCUT2D eigenvalue weighted by molar-refractivity contribution is 0.320. The number of hydrogen-bond acceptors (Lipinski definition) is 6. The third-order valence-electron chi connectivity index (χ3n) is 4.71. The molecule has 2 heterocycles. The number of fused-ring (bicyclic) bond motifs is 1. The highest BCUT2D eigenvalue weighted by Gasteiger charge is 2.31. The fourth-order valence-electron chi connectivity index (χ4n) is 3.35. The van der Waals surface area contributed by atoms with E-state index in [2.05, 4.69) is 47.3 Å². The predicted molar refractivity (Wildman–Crippen MR) is 94.2 cm³/mol. The van der Waals surface area contributed by atoms with E-state index in [1.165, 1.54) is 5.69 Å². The van der Waals surface area contributed by atoms with Gasteiger partial charge in [-0.25, -0.2) is 4.68 Å². The molecule has 0 spiro atoms. The Kier molecular flexibility index (Phi) is 3.83. The third kappa shape index (κ3) is 2.88. The Morgan fingerprint density at radius 2 is 2.00 bits per heavy atom. The van der Waals surface area contributed by atoms with E-state index in [1.54, 1.807) is 12.1 Å². The Morgan fingerprint density at radius 3 is 2.69 bits per heavy atom. The molecule has 0 saturated heterocycles. The summed E-state index contributed by atoms with van der Waals surface area (Å²) in [6.07, 6.45) is 2.60. The Bertz CT molecular complexity index is 971. The second-order valence-corrected chi connectivity index (χ2v) is 7.65. The summed E-state index contributed by atoms with van der Waals surface area (Å²) < 4.78 is 7.55. The number of nitrogens with zero attached hydrogens (tertiary/aromatic N) is 6. The van der Waals surface area contributed by atoms with Crippen LogP contribution in [0.25, 0.3) is 11.4 Å². The first-order valence-electron chi connectivity index (χ1n) is 8.74. The van der Waals surface area contributed by atoms with Crippen LogP contribution in [0.1, 0.15) is 56.0 Å². The van der Waals surface area contributed by atoms with Crippen molar-refractivity contribution in [2.24, 2.45) is 0 Å². The Balaban J connectivity index is 1.56. The van der Waals surface area contributed by atoms with Crippen LogP contribution in [-0.4, -0.2) is 25.1 Å². The van der Waals surface area contributed by atoms with E-state index in [0.717, 1.165) is 30.5 Å². The molecule has 1 aliphatic rings. The summed E-state index contributed by atoms with van der Waals surface area (Å²) >= 11 is 0. The van der Waals surface area contributed by atoms with Crippen LogP contribution >= 0.6 is 0 Å². The van der Waals surface area contributed by atoms with Crippen molar-refractivity contribution < 1.29 is 4.52 Å². The maximum absolute atomic E-state index is 8.89. The lowest BCUT2D eigenvalue weighted by Gasteiger charge is -2.24. The molecule has 7 heteroatoms. The summed E-state index contributed by atoms with van der Waals surface area (Å²) in [6, 6.07) is 9.28. The quantitative estimate of drug-likeness (QED) is 0.706. The van der Waals surface area contributed by atoms with Gasteiger partial charge in [0.1, 0.15) is 0 Å². The fraction of sp³-hybridized carbons (Fsp3) is 0.421. The van der Waals surface area contributed by atoms with Gasteiger partial charge in [-0.3, -0.25) is 0 Å². The number of benzene rings is 1. The number of rotatable bonds is 2. The molecule has 132 valence electrons. The lowest BCUT2D eigenvalue weighted by atomic mass is 9.89. The van der Waals surface area contributed by atoms with Crippen molar-refractivity contribution in [2.75, 3.05) is 0 Å².